The van der Waals surface area contributed by atoms with E-state index < -0.39 is 0 Å². The number of nitrogens with one attached hydrogen (secondary N) is 2. The van der Waals surface area contributed by atoms with Crippen LogP contribution in [0.4, 0.5) is 0 Å². The van der Waals surface area contributed by atoms with Crippen LogP contribution in [0.25, 0.3) is 0 Å². The van der Waals surface area contributed by atoms with Crippen LogP contribution in [-0.4, -0.2) is 25.0 Å². The molecule has 92 valence electrons. The molecule has 1 saturated carbocycles. The van der Waals surface area contributed by atoms with Gasteiger partial charge in [0.2, 0.25) is 5.91 Å². The zero-order chi connectivity index (χ0) is 11.5. The quantitative estimate of drug-likeness (QED) is 0.763. The topological polar surface area (TPSA) is 41.1 Å². The van der Waals surface area contributed by atoms with Crippen molar-refractivity contribution < 1.29 is 4.79 Å². The molecular formula is C13H24N2O. The summed E-state index contributed by atoms with van der Waals surface area (Å²) in [4.78, 5) is 11.9. The first-order valence-corrected chi connectivity index (χ1v) is 6.69. The molecular weight excluding hydrogens is 200 g/mol. The second kappa shape index (κ2) is 5.17. The van der Waals surface area contributed by atoms with Gasteiger partial charge in [-0.15, -0.1) is 0 Å². The predicted octanol–water partition coefficient (Wildman–Crippen LogP) is 1.54. The second-order valence-electron chi connectivity index (χ2n) is 5.61. The Morgan fingerprint density at radius 2 is 2.06 bits per heavy atom. The summed E-state index contributed by atoms with van der Waals surface area (Å²) >= 11 is 0. The summed E-state index contributed by atoms with van der Waals surface area (Å²) in [5.74, 6) is 2.19. The van der Waals surface area contributed by atoms with E-state index in [9.17, 15) is 4.79 Å². The lowest BCUT2D eigenvalue weighted by Crippen LogP contribution is -2.44. The fourth-order valence-electron chi connectivity index (χ4n) is 3.05. The zero-order valence-corrected chi connectivity index (χ0v) is 10.5. The second-order valence-corrected chi connectivity index (χ2v) is 5.61. The van der Waals surface area contributed by atoms with Crippen LogP contribution in [0.15, 0.2) is 0 Å². The van der Waals surface area contributed by atoms with Gasteiger partial charge in [0.05, 0.1) is 6.04 Å². The molecule has 0 spiro atoms. The van der Waals surface area contributed by atoms with Crippen LogP contribution >= 0.6 is 0 Å². The van der Waals surface area contributed by atoms with E-state index in [-0.39, 0.29) is 11.9 Å². The van der Waals surface area contributed by atoms with Gasteiger partial charge in [-0.1, -0.05) is 26.7 Å². The molecule has 0 radical (unpaired) electrons. The first-order valence-electron chi connectivity index (χ1n) is 6.69. The molecule has 2 N–H and O–H groups in total. The van der Waals surface area contributed by atoms with Crippen LogP contribution in [0.2, 0.25) is 0 Å². The largest absolute Gasteiger partial charge is 0.354 e. The fraction of sp³-hybridized carbons (Fsp3) is 0.923. The third-order valence-electron chi connectivity index (χ3n) is 4.39. The number of rotatable bonds is 3. The third kappa shape index (κ3) is 2.57. The molecule has 0 aromatic carbocycles. The number of carbonyl (C=O) groups is 1. The van der Waals surface area contributed by atoms with E-state index in [4.69, 9.17) is 0 Å². The molecule has 2 rings (SSSR count). The molecule has 3 nitrogen and oxygen atoms in total. The van der Waals surface area contributed by atoms with Crippen molar-refractivity contribution >= 4 is 5.91 Å². The van der Waals surface area contributed by atoms with Crippen LogP contribution < -0.4 is 10.6 Å². The Kier molecular flexibility index (Phi) is 3.85. The highest BCUT2D eigenvalue weighted by Gasteiger charge is 2.30. The number of hydrogen-bond acceptors (Lipinski definition) is 2. The Balaban J connectivity index is 1.75. The maximum Gasteiger partial charge on any atom is 0.237 e. The monoisotopic (exact) mass is 224 g/mol. The first-order chi connectivity index (χ1) is 7.68. The molecule has 1 aliphatic heterocycles. The van der Waals surface area contributed by atoms with Gasteiger partial charge in [-0.05, 0) is 37.1 Å². The Hall–Kier alpha value is -0.570. The van der Waals surface area contributed by atoms with Crippen LogP contribution in [-0.2, 0) is 4.79 Å². The van der Waals surface area contributed by atoms with Crippen molar-refractivity contribution in [3.63, 3.8) is 0 Å². The van der Waals surface area contributed by atoms with Gasteiger partial charge in [0, 0.05) is 6.54 Å². The van der Waals surface area contributed by atoms with Gasteiger partial charge in [-0.3, -0.25) is 4.79 Å². The molecule has 16 heavy (non-hydrogen) atoms. The Labute approximate surface area is 98.4 Å². The summed E-state index contributed by atoms with van der Waals surface area (Å²) in [6.45, 7) is 6.33. The molecule has 0 aromatic rings. The van der Waals surface area contributed by atoms with Crippen molar-refractivity contribution in [1.82, 2.24) is 10.6 Å². The van der Waals surface area contributed by atoms with Gasteiger partial charge < -0.3 is 10.6 Å². The van der Waals surface area contributed by atoms with Gasteiger partial charge in [0.25, 0.3) is 0 Å². The molecule has 3 heteroatoms. The predicted molar refractivity (Wildman–Crippen MR) is 65.1 cm³/mol. The maximum absolute atomic E-state index is 11.9. The van der Waals surface area contributed by atoms with E-state index in [0.717, 1.165) is 25.4 Å². The van der Waals surface area contributed by atoms with Crippen molar-refractivity contribution in [2.24, 2.45) is 17.8 Å². The van der Waals surface area contributed by atoms with Crippen molar-refractivity contribution in [2.75, 3.05) is 13.1 Å². The highest BCUT2D eigenvalue weighted by molar-refractivity contribution is 5.82. The lowest BCUT2D eigenvalue weighted by molar-refractivity contribution is -0.123. The van der Waals surface area contributed by atoms with Crippen molar-refractivity contribution in [3.05, 3.63) is 0 Å². The SMILES string of the molecule is CC1CCCC1CNC(=O)C1NCCC1C. The van der Waals surface area contributed by atoms with Gasteiger partial charge in [0.15, 0.2) is 0 Å². The molecule has 1 amide bonds. The van der Waals surface area contributed by atoms with Crippen molar-refractivity contribution in [1.29, 1.82) is 0 Å². The summed E-state index contributed by atoms with van der Waals surface area (Å²) in [7, 11) is 0. The minimum absolute atomic E-state index is 0.0525. The molecule has 4 atom stereocenters. The number of carbonyl (C=O) groups excluding carboxylic acids is 1. The van der Waals surface area contributed by atoms with E-state index in [1.807, 2.05) is 0 Å². The molecule has 0 bridgehead atoms. The molecule has 1 heterocycles. The molecule has 1 aliphatic carbocycles. The highest BCUT2D eigenvalue weighted by atomic mass is 16.2. The molecule has 0 aromatic heterocycles. The van der Waals surface area contributed by atoms with Gasteiger partial charge in [0.1, 0.15) is 0 Å². The highest BCUT2D eigenvalue weighted by Crippen LogP contribution is 2.30. The van der Waals surface area contributed by atoms with E-state index >= 15 is 0 Å². The maximum atomic E-state index is 11.9. The standard InChI is InChI=1S/C13H24N2O/c1-9-4-3-5-11(9)8-15-13(16)12-10(2)6-7-14-12/h9-12,14H,3-8H2,1-2H3,(H,15,16). The lowest BCUT2D eigenvalue weighted by atomic mass is 9.97. The van der Waals surface area contributed by atoms with Crippen LogP contribution in [0.1, 0.15) is 39.5 Å². The normalized spacial score (nSPS) is 38.9. The summed E-state index contributed by atoms with van der Waals surface area (Å²) in [5, 5.41) is 6.41. The number of hydrogen-bond donors (Lipinski definition) is 2. The smallest absolute Gasteiger partial charge is 0.237 e. The van der Waals surface area contributed by atoms with Gasteiger partial charge >= 0.3 is 0 Å². The van der Waals surface area contributed by atoms with Gasteiger partial charge in [-0.25, -0.2) is 0 Å². The van der Waals surface area contributed by atoms with Crippen LogP contribution in [0.5, 0.6) is 0 Å². The summed E-state index contributed by atoms with van der Waals surface area (Å²) in [6.07, 6.45) is 5.07. The van der Waals surface area contributed by atoms with Crippen molar-refractivity contribution in [2.45, 2.75) is 45.6 Å². The first kappa shape index (κ1) is 11.9. The van der Waals surface area contributed by atoms with E-state index in [0.29, 0.717) is 11.8 Å². The Morgan fingerprint density at radius 3 is 2.62 bits per heavy atom. The number of amides is 1. The average molecular weight is 224 g/mol. The van der Waals surface area contributed by atoms with E-state index in [1.54, 1.807) is 0 Å². The summed E-state index contributed by atoms with van der Waals surface area (Å²) < 4.78 is 0. The Morgan fingerprint density at radius 1 is 1.25 bits per heavy atom. The molecule has 2 aliphatic rings. The van der Waals surface area contributed by atoms with Gasteiger partial charge in [-0.2, -0.15) is 0 Å². The minimum Gasteiger partial charge on any atom is -0.354 e. The lowest BCUT2D eigenvalue weighted by Gasteiger charge is -2.19. The molecule has 1 saturated heterocycles. The van der Waals surface area contributed by atoms with E-state index in [2.05, 4.69) is 24.5 Å². The summed E-state index contributed by atoms with van der Waals surface area (Å²) in [5.41, 5.74) is 0. The van der Waals surface area contributed by atoms with Crippen LogP contribution in [0, 0.1) is 17.8 Å². The Bertz CT molecular complexity index is 254. The third-order valence-corrected chi connectivity index (χ3v) is 4.39. The zero-order valence-electron chi connectivity index (χ0n) is 10.5. The molecule has 4 unspecified atom stereocenters. The van der Waals surface area contributed by atoms with E-state index in [1.165, 1.54) is 19.3 Å². The van der Waals surface area contributed by atoms with Crippen molar-refractivity contribution in [3.8, 4) is 0 Å². The minimum atomic E-state index is 0.0525. The molecule has 2 fully saturated rings. The average Bonchev–Trinajstić information content (AvgIpc) is 2.84. The fourth-order valence-corrected chi connectivity index (χ4v) is 3.05. The van der Waals surface area contributed by atoms with Crippen LogP contribution in [0.3, 0.4) is 0 Å². The summed E-state index contributed by atoms with van der Waals surface area (Å²) in [6, 6.07) is 0.0525.